The van der Waals surface area contributed by atoms with E-state index >= 15 is 0 Å². The van der Waals surface area contributed by atoms with Crippen molar-refractivity contribution in [2.24, 2.45) is 5.84 Å². The van der Waals surface area contributed by atoms with E-state index in [-0.39, 0.29) is 11.9 Å². The predicted molar refractivity (Wildman–Crippen MR) is 69.4 cm³/mol. The van der Waals surface area contributed by atoms with Crippen molar-refractivity contribution in [3.05, 3.63) is 71.0 Å². The third-order valence-corrected chi connectivity index (χ3v) is 3.71. The highest BCUT2D eigenvalue weighted by Crippen LogP contribution is 2.42. The van der Waals surface area contributed by atoms with Crippen molar-refractivity contribution in [1.82, 2.24) is 5.43 Å². The molecule has 0 saturated heterocycles. The Morgan fingerprint density at radius 1 is 1.11 bits per heavy atom. The Morgan fingerprint density at radius 2 is 1.83 bits per heavy atom. The van der Waals surface area contributed by atoms with Gasteiger partial charge >= 0.3 is 0 Å². The number of nitrogens with one attached hydrogen (secondary N) is 1. The molecule has 2 atom stereocenters. The lowest BCUT2D eigenvalue weighted by molar-refractivity contribution is 0.418. The Hall–Kier alpha value is -1.71. The monoisotopic (exact) mass is 242 g/mol. The van der Waals surface area contributed by atoms with E-state index < -0.39 is 0 Å². The molecule has 3 rings (SSSR count). The second kappa shape index (κ2) is 4.52. The molecule has 0 heterocycles. The molecular formula is C15H15FN2. The van der Waals surface area contributed by atoms with E-state index in [1.165, 1.54) is 23.3 Å². The average Bonchev–Trinajstić information content (AvgIpc) is 2.37. The van der Waals surface area contributed by atoms with Gasteiger partial charge in [-0.2, -0.15) is 0 Å². The molecule has 0 radical (unpaired) electrons. The number of halogens is 1. The number of rotatable bonds is 3. The molecule has 1 aliphatic rings. The van der Waals surface area contributed by atoms with Crippen molar-refractivity contribution < 1.29 is 4.39 Å². The number of hydrogen-bond acceptors (Lipinski definition) is 2. The first-order chi connectivity index (χ1) is 8.79. The molecule has 2 aromatic carbocycles. The number of hydrogen-bond donors (Lipinski definition) is 2. The van der Waals surface area contributed by atoms with Crippen LogP contribution in [0.15, 0.2) is 48.5 Å². The average molecular weight is 242 g/mol. The molecule has 0 saturated carbocycles. The molecule has 92 valence electrons. The largest absolute Gasteiger partial charge is 0.271 e. The van der Waals surface area contributed by atoms with Crippen LogP contribution in [0.1, 0.15) is 28.7 Å². The first kappa shape index (κ1) is 11.4. The van der Waals surface area contributed by atoms with Gasteiger partial charge in [0.25, 0.3) is 0 Å². The molecule has 2 aromatic rings. The maximum Gasteiger partial charge on any atom is 0.123 e. The standard InChI is InChI=1S/C15H15FN2/c16-12-7-5-10(6-8-12)15(18-17)14-9-11-3-1-2-4-13(11)14/h1-8,14-15,18H,9,17H2. The SMILES string of the molecule is NNC(c1ccc(F)cc1)C1Cc2ccccc21. The number of hydrazine groups is 1. The van der Waals surface area contributed by atoms with Crippen molar-refractivity contribution in [3.8, 4) is 0 Å². The molecule has 18 heavy (non-hydrogen) atoms. The van der Waals surface area contributed by atoms with Gasteiger partial charge < -0.3 is 0 Å². The molecule has 3 heteroatoms. The van der Waals surface area contributed by atoms with Gasteiger partial charge in [0.05, 0.1) is 6.04 Å². The minimum Gasteiger partial charge on any atom is -0.271 e. The zero-order valence-electron chi connectivity index (χ0n) is 9.94. The van der Waals surface area contributed by atoms with Crippen LogP contribution in [0.25, 0.3) is 0 Å². The lowest BCUT2D eigenvalue weighted by Crippen LogP contribution is -2.37. The summed E-state index contributed by atoms with van der Waals surface area (Å²) in [5.41, 5.74) is 6.60. The Kier molecular flexibility index (Phi) is 2.86. The zero-order valence-corrected chi connectivity index (χ0v) is 9.94. The van der Waals surface area contributed by atoms with Crippen LogP contribution in [0.2, 0.25) is 0 Å². The second-order valence-electron chi connectivity index (χ2n) is 4.71. The van der Waals surface area contributed by atoms with Crippen LogP contribution in [0, 0.1) is 5.82 Å². The predicted octanol–water partition coefficient (Wildman–Crippen LogP) is 2.67. The summed E-state index contributed by atoms with van der Waals surface area (Å²) in [4.78, 5) is 0. The van der Waals surface area contributed by atoms with E-state index in [0.717, 1.165) is 12.0 Å². The highest BCUT2D eigenvalue weighted by Gasteiger charge is 2.32. The summed E-state index contributed by atoms with van der Waals surface area (Å²) in [6.07, 6.45) is 1.02. The normalized spacial score (nSPS) is 18.9. The van der Waals surface area contributed by atoms with E-state index in [2.05, 4.69) is 23.6 Å². The lowest BCUT2D eigenvalue weighted by atomic mass is 9.72. The van der Waals surface area contributed by atoms with Crippen LogP contribution < -0.4 is 11.3 Å². The van der Waals surface area contributed by atoms with Gasteiger partial charge in [-0.3, -0.25) is 11.3 Å². The van der Waals surface area contributed by atoms with Gasteiger partial charge in [-0.05, 0) is 35.2 Å². The number of benzene rings is 2. The van der Waals surface area contributed by atoms with Gasteiger partial charge in [0.15, 0.2) is 0 Å². The van der Waals surface area contributed by atoms with E-state index in [4.69, 9.17) is 5.84 Å². The van der Waals surface area contributed by atoms with Crippen LogP contribution in [-0.4, -0.2) is 0 Å². The van der Waals surface area contributed by atoms with Gasteiger partial charge in [-0.1, -0.05) is 36.4 Å². The first-order valence-electron chi connectivity index (χ1n) is 6.09. The minimum atomic E-state index is -0.219. The van der Waals surface area contributed by atoms with Gasteiger partial charge in [-0.15, -0.1) is 0 Å². The van der Waals surface area contributed by atoms with Gasteiger partial charge in [0.2, 0.25) is 0 Å². The third kappa shape index (κ3) is 1.82. The Balaban J connectivity index is 1.89. The Bertz CT molecular complexity index is 551. The first-order valence-corrected chi connectivity index (χ1v) is 6.09. The van der Waals surface area contributed by atoms with Crippen LogP contribution in [-0.2, 0) is 6.42 Å². The number of fused-ring (bicyclic) bond motifs is 1. The highest BCUT2D eigenvalue weighted by atomic mass is 19.1. The molecule has 0 fully saturated rings. The van der Waals surface area contributed by atoms with Crippen molar-refractivity contribution in [1.29, 1.82) is 0 Å². The Morgan fingerprint density at radius 3 is 2.50 bits per heavy atom. The smallest absolute Gasteiger partial charge is 0.123 e. The zero-order chi connectivity index (χ0) is 12.5. The lowest BCUT2D eigenvalue weighted by Gasteiger charge is -2.36. The van der Waals surface area contributed by atoms with Crippen molar-refractivity contribution in [2.45, 2.75) is 18.4 Å². The molecule has 0 amide bonds. The molecule has 0 aromatic heterocycles. The molecule has 3 N–H and O–H groups in total. The van der Waals surface area contributed by atoms with Gasteiger partial charge in [-0.25, -0.2) is 4.39 Å². The molecule has 2 nitrogen and oxygen atoms in total. The molecular weight excluding hydrogens is 227 g/mol. The van der Waals surface area contributed by atoms with E-state index in [1.54, 1.807) is 12.1 Å². The maximum absolute atomic E-state index is 12.9. The minimum absolute atomic E-state index is 0.0421. The van der Waals surface area contributed by atoms with Crippen LogP contribution in [0.5, 0.6) is 0 Å². The van der Waals surface area contributed by atoms with Crippen LogP contribution >= 0.6 is 0 Å². The summed E-state index contributed by atoms with van der Waals surface area (Å²) in [7, 11) is 0. The quantitative estimate of drug-likeness (QED) is 0.641. The molecule has 2 unspecified atom stereocenters. The molecule has 0 bridgehead atoms. The van der Waals surface area contributed by atoms with Gasteiger partial charge in [0.1, 0.15) is 5.82 Å². The van der Waals surface area contributed by atoms with Gasteiger partial charge in [0, 0.05) is 5.92 Å². The maximum atomic E-state index is 12.9. The van der Waals surface area contributed by atoms with Crippen molar-refractivity contribution in [2.75, 3.05) is 0 Å². The summed E-state index contributed by atoms with van der Waals surface area (Å²) < 4.78 is 12.9. The fourth-order valence-corrected chi connectivity index (χ4v) is 2.71. The summed E-state index contributed by atoms with van der Waals surface area (Å²) in [5.74, 6) is 5.82. The fourth-order valence-electron chi connectivity index (χ4n) is 2.71. The van der Waals surface area contributed by atoms with Crippen molar-refractivity contribution >= 4 is 0 Å². The molecule has 0 aliphatic heterocycles. The topological polar surface area (TPSA) is 38.0 Å². The highest BCUT2D eigenvalue weighted by molar-refractivity contribution is 5.43. The second-order valence-corrected chi connectivity index (χ2v) is 4.71. The Labute approximate surface area is 106 Å². The molecule has 1 aliphatic carbocycles. The third-order valence-electron chi connectivity index (χ3n) is 3.71. The summed E-state index contributed by atoms with van der Waals surface area (Å²) in [6, 6.07) is 15.0. The summed E-state index contributed by atoms with van der Waals surface area (Å²) >= 11 is 0. The molecule has 0 spiro atoms. The van der Waals surface area contributed by atoms with E-state index in [1.807, 2.05) is 6.07 Å². The van der Waals surface area contributed by atoms with Crippen LogP contribution in [0.3, 0.4) is 0 Å². The van der Waals surface area contributed by atoms with Crippen LogP contribution in [0.4, 0.5) is 4.39 Å². The van der Waals surface area contributed by atoms with E-state index in [9.17, 15) is 4.39 Å². The van der Waals surface area contributed by atoms with Crippen molar-refractivity contribution in [3.63, 3.8) is 0 Å². The van der Waals surface area contributed by atoms with E-state index in [0.29, 0.717) is 5.92 Å². The fraction of sp³-hybridized carbons (Fsp3) is 0.200. The summed E-state index contributed by atoms with van der Waals surface area (Å²) in [5, 5.41) is 0. The summed E-state index contributed by atoms with van der Waals surface area (Å²) in [6.45, 7) is 0. The number of nitrogens with two attached hydrogens (primary N) is 1.